The first-order valence-electron chi connectivity index (χ1n) is 6.91. The number of fused-ring (bicyclic) bond motifs is 1. The van der Waals surface area contributed by atoms with Crippen molar-refractivity contribution >= 4 is 51.3 Å². The third-order valence-corrected chi connectivity index (χ3v) is 3.91. The number of hydrogen-bond acceptors (Lipinski definition) is 7. The highest BCUT2D eigenvalue weighted by Crippen LogP contribution is 2.32. The molecule has 2 aromatic rings. The molecule has 2 rings (SSSR count). The van der Waals surface area contributed by atoms with Gasteiger partial charge in [-0.15, -0.1) is 0 Å². The van der Waals surface area contributed by atoms with Gasteiger partial charge in [-0.2, -0.15) is 4.98 Å². The monoisotopic (exact) mass is 446 g/mol. The van der Waals surface area contributed by atoms with Crippen LogP contribution in [0.15, 0.2) is 0 Å². The number of amides is 1. The van der Waals surface area contributed by atoms with E-state index in [0.29, 0.717) is 21.7 Å². The number of Topliss-reactive ketones (excluding diaryl/α,β-unsaturated/α-hetero) is 1. The normalized spacial score (nSPS) is 10.7. The highest BCUT2D eigenvalue weighted by atomic mass is 127. The van der Waals surface area contributed by atoms with Crippen LogP contribution in [-0.2, 0) is 20.9 Å². The molecule has 0 saturated heterocycles. The van der Waals surface area contributed by atoms with Crippen LogP contribution in [0.4, 0.5) is 0 Å². The van der Waals surface area contributed by atoms with Crippen molar-refractivity contribution in [2.24, 2.45) is 5.73 Å². The number of halogens is 1. The van der Waals surface area contributed by atoms with E-state index < -0.39 is 17.7 Å². The zero-order valence-corrected chi connectivity index (χ0v) is 15.4. The van der Waals surface area contributed by atoms with Crippen molar-refractivity contribution in [3.63, 3.8) is 0 Å². The summed E-state index contributed by atoms with van der Waals surface area (Å²) in [6.07, 6.45) is 0. The molecule has 2 aromatic heterocycles. The summed E-state index contributed by atoms with van der Waals surface area (Å²) >= 11 is 1.90. The molecule has 10 heteroatoms. The molecule has 0 aliphatic carbocycles. The van der Waals surface area contributed by atoms with Crippen molar-refractivity contribution in [1.82, 2.24) is 14.5 Å². The SMILES string of the molecule is CCn1c(C)c(C(=O)C(N)=O)c2c(OCC(=O)OC)nc(I)nc21. The Hall–Kier alpha value is -2.24. The van der Waals surface area contributed by atoms with Crippen LogP contribution < -0.4 is 10.5 Å². The van der Waals surface area contributed by atoms with Gasteiger partial charge in [0.25, 0.3) is 11.7 Å². The van der Waals surface area contributed by atoms with Crippen molar-refractivity contribution < 1.29 is 23.9 Å². The molecule has 128 valence electrons. The third kappa shape index (κ3) is 3.18. The van der Waals surface area contributed by atoms with Gasteiger partial charge in [0.05, 0.1) is 18.1 Å². The molecular formula is C14H15IN4O5. The quantitative estimate of drug-likeness (QED) is 0.226. The predicted molar refractivity (Wildman–Crippen MR) is 91.7 cm³/mol. The molecule has 24 heavy (non-hydrogen) atoms. The molecule has 0 unspecified atom stereocenters. The van der Waals surface area contributed by atoms with Crippen molar-refractivity contribution in [3.8, 4) is 5.88 Å². The van der Waals surface area contributed by atoms with Crippen LogP contribution in [0, 0.1) is 10.8 Å². The molecular weight excluding hydrogens is 431 g/mol. The largest absolute Gasteiger partial charge is 0.466 e. The molecule has 2 N–H and O–H groups in total. The average Bonchev–Trinajstić information content (AvgIpc) is 2.82. The second-order valence-corrected chi connectivity index (χ2v) is 5.72. The van der Waals surface area contributed by atoms with Crippen molar-refractivity contribution in [3.05, 3.63) is 15.1 Å². The number of nitrogens with zero attached hydrogens (tertiary/aromatic N) is 3. The Balaban J connectivity index is 2.75. The topological polar surface area (TPSA) is 126 Å². The van der Waals surface area contributed by atoms with Gasteiger partial charge < -0.3 is 19.8 Å². The number of hydrogen-bond donors (Lipinski definition) is 1. The molecule has 0 aliphatic rings. The Morgan fingerprint density at radius 2 is 1.96 bits per heavy atom. The van der Waals surface area contributed by atoms with E-state index in [1.807, 2.05) is 29.5 Å². The van der Waals surface area contributed by atoms with E-state index in [4.69, 9.17) is 10.5 Å². The summed E-state index contributed by atoms with van der Waals surface area (Å²) in [5, 5.41) is 0.252. The van der Waals surface area contributed by atoms with Crippen LogP contribution in [0.2, 0.25) is 0 Å². The minimum Gasteiger partial charge on any atom is -0.466 e. The summed E-state index contributed by atoms with van der Waals surface area (Å²) in [6.45, 7) is 3.67. The van der Waals surface area contributed by atoms with Crippen molar-refractivity contribution in [1.29, 1.82) is 0 Å². The molecule has 9 nitrogen and oxygen atoms in total. The van der Waals surface area contributed by atoms with Gasteiger partial charge in [0.2, 0.25) is 5.88 Å². The molecule has 0 spiro atoms. The maximum atomic E-state index is 12.2. The number of ether oxygens (including phenoxy) is 2. The number of esters is 1. The summed E-state index contributed by atoms with van der Waals surface area (Å²) < 4.78 is 12.0. The molecule has 2 heterocycles. The second kappa shape index (κ2) is 7.11. The van der Waals surface area contributed by atoms with E-state index in [2.05, 4.69) is 14.7 Å². The molecule has 0 radical (unpaired) electrons. The molecule has 0 saturated carbocycles. The Bertz CT molecular complexity index is 846. The molecule has 0 aliphatic heterocycles. The van der Waals surface area contributed by atoms with Crippen molar-refractivity contribution in [2.75, 3.05) is 13.7 Å². The molecule has 0 atom stereocenters. The number of ketones is 1. The summed E-state index contributed by atoms with van der Waals surface area (Å²) in [6, 6.07) is 0. The Kier molecular flexibility index (Phi) is 5.36. The van der Waals surface area contributed by atoms with Gasteiger partial charge in [0.15, 0.2) is 10.4 Å². The number of rotatable bonds is 6. The number of carbonyl (C=O) groups is 3. The van der Waals surface area contributed by atoms with Gasteiger partial charge in [-0.25, -0.2) is 9.78 Å². The fourth-order valence-corrected chi connectivity index (χ4v) is 2.82. The number of aromatic nitrogens is 3. The van der Waals surface area contributed by atoms with Crippen LogP contribution in [0.3, 0.4) is 0 Å². The molecule has 0 aromatic carbocycles. The standard InChI is InChI=1S/C14H15IN4O5/c1-4-19-6(2)8(10(21)11(16)22)9-12(19)17-14(15)18-13(9)24-5-7(20)23-3/h4-5H2,1-3H3,(H2,16,22). The summed E-state index contributed by atoms with van der Waals surface area (Å²) in [5.74, 6) is -2.54. The van der Waals surface area contributed by atoms with Crippen LogP contribution in [-0.4, -0.2) is 45.9 Å². The maximum Gasteiger partial charge on any atom is 0.343 e. The van der Waals surface area contributed by atoms with E-state index >= 15 is 0 Å². The lowest BCUT2D eigenvalue weighted by Crippen LogP contribution is -2.24. The van der Waals surface area contributed by atoms with Gasteiger partial charge in [-0.3, -0.25) is 9.59 Å². The van der Waals surface area contributed by atoms with E-state index in [9.17, 15) is 14.4 Å². The van der Waals surface area contributed by atoms with E-state index in [0.717, 1.165) is 0 Å². The lowest BCUT2D eigenvalue weighted by molar-refractivity contribution is -0.143. The first kappa shape index (κ1) is 18.1. The molecule has 0 bridgehead atoms. The van der Waals surface area contributed by atoms with Gasteiger partial charge in [0, 0.05) is 34.8 Å². The Morgan fingerprint density at radius 3 is 2.50 bits per heavy atom. The van der Waals surface area contributed by atoms with Gasteiger partial charge in [-0.05, 0) is 13.8 Å². The Morgan fingerprint density at radius 1 is 1.29 bits per heavy atom. The van der Waals surface area contributed by atoms with Crippen LogP contribution in [0.5, 0.6) is 5.88 Å². The zero-order chi connectivity index (χ0) is 18.0. The number of methoxy groups -OCH3 is 1. The highest BCUT2D eigenvalue weighted by molar-refractivity contribution is 14.1. The number of carbonyl (C=O) groups excluding carboxylic acids is 3. The van der Waals surface area contributed by atoms with E-state index in [-0.39, 0.29) is 23.4 Å². The fraction of sp³-hybridized carbons (Fsp3) is 0.357. The van der Waals surface area contributed by atoms with Crippen LogP contribution in [0.1, 0.15) is 23.0 Å². The average molecular weight is 446 g/mol. The lowest BCUT2D eigenvalue weighted by Gasteiger charge is -2.07. The summed E-state index contributed by atoms with van der Waals surface area (Å²) in [5.41, 5.74) is 6.18. The van der Waals surface area contributed by atoms with Gasteiger partial charge in [0.1, 0.15) is 5.65 Å². The van der Waals surface area contributed by atoms with E-state index in [1.54, 1.807) is 11.5 Å². The molecule has 0 fully saturated rings. The second-order valence-electron chi connectivity index (χ2n) is 4.76. The Labute approximate surface area is 150 Å². The lowest BCUT2D eigenvalue weighted by atomic mass is 10.1. The first-order chi connectivity index (χ1) is 11.3. The summed E-state index contributed by atoms with van der Waals surface area (Å²) in [4.78, 5) is 43.4. The van der Waals surface area contributed by atoms with Crippen molar-refractivity contribution in [2.45, 2.75) is 20.4 Å². The van der Waals surface area contributed by atoms with Gasteiger partial charge in [-0.1, -0.05) is 0 Å². The zero-order valence-electron chi connectivity index (χ0n) is 13.3. The molecule has 1 amide bonds. The first-order valence-corrected chi connectivity index (χ1v) is 7.99. The highest BCUT2D eigenvalue weighted by Gasteiger charge is 2.28. The third-order valence-electron chi connectivity index (χ3n) is 3.42. The number of primary amides is 1. The number of nitrogens with two attached hydrogens (primary N) is 1. The smallest absolute Gasteiger partial charge is 0.343 e. The summed E-state index contributed by atoms with van der Waals surface area (Å²) in [7, 11) is 1.23. The van der Waals surface area contributed by atoms with Crippen LogP contribution >= 0.6 is 22.6 Å². The minimum absolute atomic E-state index is 0.0229. The predicted octanol–water partition coefficient (Wildman–Crippen LogP) is 0.584. The number of aryl methyl sites for hydroxylation is 1. The van der Waals surface area contributed by atoms with Crippen LogP contribution in [0.25, 0.3) is 11.0 Å². The fourth-order valence-electron chi connectivity index (χ4n) is 2.37. The maximum absolute atomic E-state index is 12.2. The van der Waals surface area contributed by atoms with E-state index in [1.165, 1.54) is 7.11 Å². The minimum atomic E-state index is -1.09. The van der Waals surface area contributed by atoms with Gasteiger partial charge >= 0.3 is 5.97 Å².